The first-order valence-electron chi connectivity index (χ1n) is 10.9. The van der Waals surface area contributed by atoms with Crippen LogP contribution in [0.1, 0.15) is 65.2 Å². The number of aryl methyl sites for hydroxylation is 2. The zero-order chi connectivity index (χ0) is 22.5. The molecule has 2 aliphatic rings. The fourth-order valence-electron chi connectivity index (χ4n) is 4.72. The molecule has 2 aromatic heterocycles. The van der Waals surface area contributed by atoms with E-state index in [-0.39, 0.29) is 23.5 Å². The van der Waals surface area contributed by atoms with Gasteiger partial charge in [0.25, 0.3) is 0 Å². The van der Waals surface area contributed by atoms with Crippen molar-refractivity contribution in [3.63, 3.8) is 0 Å². The Labute approximate surface area is 184 Å². The van der Waals surface area contributed by atoms with Crippen LogP contribution in [0.15, 0.2) is 12.1 Å². The number of carbonyl (C=O) groups is 1. The molecule has 1 aliphatic carbocycles. The molecule has 1 saturated heterocycles. The third-order valence-electron chi connectivity index (χ3n) is 6.64. The lowest BCUT2D eigenvalue weighted by Crippen LogP contribution is -2.25. The molecule has 0 radical (unpaired) electrons. The van der Waals surface area contributed by atoms with Gasteiger partial charge in [-0.1, -0.05) is 0 Å². The second-order valence-electron chi connectivity index (χ2n) is 9.11. The van der Waals surface area contributed by atoms with Gasteiger partial charge in [-0.05, 0) is 64.7 Å². The van der Waals surface area contributed by atoms with E-state index in [2.05, 4.69) is 29.6 Å². The van der Waals surface area contributed by atoms with Crippen LogP contribution in [-0.2, 0) is 21.2 Å². The zero-order valence-electron chi connectivity index (χ0n) is 19.1. The van der Waals surface area contributed by atoms with Gasteiger partial charge < -0.3 is 9.47 Å². The summed E-state index contributed by atoms with van der Waals surface area (Å²) in [5, 5.41) is 4.60. The number of sulfone groups is 1. The molecule has 1 amide bonds. The molecule has 2 fully saturated rings. The van der Waals surface area contributed by atoms with Crippen molar-refractivity contribution in [2.24, 2.45) is 0 Å². The van der Waals surface area contributed by atoms with Crippen LogP contribution in [0.25, 0.3) is 6.08 Å². The fourth-order valence-corrected chi connectivity index (χ4v) is 6.41. The van der Waals surface area contributed by atoms with Gasteiger partial charge in [-0.3, -0.25) is 9.48 Å². The Morgan fingerprint density at radius 2 is 1.87 bits per heavy atom. The van der Waals surface area contributed by atoms with Gasteiger partial charge in [-0.25, -0.2) is 8.42 Å². The van der Waals surface area contributed by atoms with Crippen LogP contribution in [-0.4, -0.2) is 52.1 Å². The molecule has 8 heteroatoms. The molecule has 1 aliphatic heterocycles. The lowest BCUT2D eigenvalue weighted by Gasteiger charge is -2.16. The Bertz CT molecular complexity index is 1150. The van der Waals surface area contributed by atoms with E-state index < -0.39 is 9.84 Å². The summed E-state index contributed by atoms with van der Waals surface area (Å²) in [6, 6.07) is 2.66. The van der Waals surface area contributed by atoms with Crippen LogP contribution in [0.5, 0.6) is 0 Å². The summed E-state index contributed by atoms with van der Waals surface area (Å²) in [7, 11) is -1.19. The SMILES string of the molecule is Cc1nn(C2CCS(=O)(=O)C2)c(C)c1CN(C)C(=O)/C=C/c1cc(C)n(C2CC2)c1C. The number of likely N-dealkylation sites (N-methyl/N-ethyl adjacent to an activating group) is 1. The molecule has 0 aromatic carbocycles. The smallest absolute Gasteiger partial charge is 0.246 e. The van der Waals surface area contributed by atoms with Crippen molar-refractivity contribution >= 4 is 21.8 Å². The number of hydrogen-bond acceptors (Lipinski definition) is 4. The Balaban J connectivity index is 1.46. The highest BCUT2D eigenvalue weighted by atomic mass is 32.2. The van der Waals surface area contributed by atoms with Crippen molar-refractivity contribution in [3.8, 4) is 0 Å². The van der Waals surface area contributed by atoms with E-state index in [0.717, 1.165) is 22.5 Å². The lowest BCUT2D eigenvalue weighted by atomic mass is 10.1. The molecule has 1 saturated carbocycles. The van der Waals surface area contributed by atoms with Crippen LogP contribution >= 0.6 is 0 Å². The molecule has 4 rings (SSSR count). The number of hydrogen-bond donors (Lipinski definition) is 0. The Kier molecular flexibility index (Phi) is 5.62. The maximum Gasteiger partial charge on any atom is 0.246 e. The number of aromatic nitrogens is 3. The first-order chi connectivity index (χ1) is 14.6. The summed E-state index contributed by atoms with van der Waals surface area (Å²) in [4.78, 5) is 14.5. The minimum absolute atomic E-state index is 0.0637. The molecule has 1 unspecified atom stereocenters. The van der Waals surface area contributed by atoms with Gasteiger partial charge in [0.1, 0.15) is 0 Å². The molecule has 7 nitrogen and oxygen atoms in total. The summed E-state index contributed by atoms with van der Waals surface area (Å²) in [6.07, 6.45) is 6.62. The highest BCUT2D eigenvalue weighted by Crippen LogP contribution is 2.38. The summed E-state index contributed by atoms with van der Waals surface area (Å²) in [6.45, 7) is 8.56. The van der Waals surface area contributed by atoms with Crippen LogP contribution in [0.3, 0.4) is 0 Å². The number of nitrogens with zero attached hydrogens (tertiary/aromatic N) is 4. The second kappa shape index (κ2) is 7.97. The summed E-state index contributed by atoms with van der Waals surface area (Å²) < 4.78 is 27.9. The maximum atomic E-state index is 12.8. The standard InChI is InChI=1S/C23H32N4O3S/c1-15-12-19(17(3)26(15)20-7-8-20)6-9-23(28)25(5)13-22-16(2)24-27(18(22)4)21-10-11-31(29,30)14-21/h6,9,12,20-21H,7-8,10-11,13-14H2,1-5H3/b9-6+. The Morgan fingerprint density at radius 3 is 2.48 bits per heavy atom. The zero-order valence-corrected chi connectivity index (χ0v) is 19.9. The van der Waals surface area contributed by atoms with E-state index in [1.165, 1.54) is 24.2 Å². The van der Waals surface area contributed by atoms with Gasteiger partial charge in [-0.2, -0.15) is 5.10 Å². The number of rotatable bonds is 6. The van der Waals surface area contributed by atoms with E-state index in [4.69, 9.17) is 0 Å². The number of amides is 1. The molecular weight excluding hydrogens is 412 g/mol. The average Bonchev–Trinajstić information content (AvgIpc) is 3.33. The number of carbonyl (C=O) groups excluding carboxylic acids is 1. The fraction of sp³-hybridized carbons (Fsp3) is 0.565. The van der Waals surface area contributed by atoms with Crippen LogP contribution in [0.2, 0.25) is 0 Å². The van der Waals surface area contributed by atoms with Crippen molar-refractivity contribution in [2.75, 3.05) is 18.6 Å². The highest BCUT2D eigenvalue weighted by Gasteiger charge is 2.31. The van der Waals surface area contributed by atoms with E-state index in [0.29, 0.717) is 19.0 Å². The molecule has 2 aromatic rings. The molecular formula is C23H32N4O3S. The molecule has 31 heavy (non-hydrogen) atoms. The second-order valence-corrected chi connectivity index (χ2v) is 11.3. The largest absolute Gasteiger partial charge is 0.346 e. The normalized spacial score (nSPS) is 20.6. The van der Waals surface area contributed by atoms with Crippen molar-refractivity contribution in [2.45, 2.75) is 65.6 Å². The van der Waals surface area contributed by atoms with Crippen molar-refractivity contribution < 1.29 is 13.2 Å². The summed E-state index contributed by atoms with van der Waals surface area (Å²) in [5.41, 5.74) is 6.32. The van der Waals surface area contributed by atoms with Crippen LogP contribution in [0.4, 0.5) is 0 Å². The van der Waals surface area contributed by atoms with Gasteiger partial charge in [0.05, 0.1) is 23.2 Å². The van der Waals surface area contributed by atoms with E-state index in [1.54, 1.807) is 18.0 Å². The van der Waals surface area contributed by atoms with Gasteiger partial charge in [0.15, 0.2) is 9.84 Å². The molecule has 0 N–H and O–H groups in total. The molecule has 0 bridgehead atoms. The Morgan fingerprint density at radius 1 is 1.16 bits per heavy atom. The van der Waals surface area contributed by atoms with E-state index >= 15 is 0 Å². The highest BCUT2D eigenvalue weighted by molar-refractivity contribution is 7.91. The van der Waals surface area contributed by atoms with Crippen LogP contribution < -0.4 is 0 Å². The molecule has 3 heterocycles. The molecule has 1 atom stereocenters. The van der Waals surface area contributed by atoms with Crippen molar-refractivity contribution in [3.05, 3.63) is 46.0 Å². The van der Waals surface area contributed by atoms with Crippen molar-refractivity contribution in [1.29, 1.82) is 0 Å². The van der Waals surface area contributed by atoms with Gasteiger partial charge in [-0.15, -0.1) is 0 Å². The minimum atomic E-state index is -2.98. The predicted octanol–water partition coefficient (Wildman–Crippen LogP) is 3.28. The third-order valence-corrected chi connectivity index (χ3v) is 8.39. The lowest BCUT2D eigenvalue weighted by molar-refractivity contribution is -0.125. The maximum absolute atomic E-state index is 12.8. The topological polar surface area (TPSA) is 77.2 Å². The summed E-state index contributed by atoms with van der Waals surface area (Å²) in [5.74, 6) is 0.298. The monoisotopic (exact) mass is 444 g/mol. The van der Waals surface area contributed by atoms with Gasteiger partial charge in [0.2, 0.25) is 5.91 Å². The summed E-state index contributed by atoms with van der Waals surface area (Å²) >= 11 is 0. The quantitative estimate of drug-likeness (QED) is 0.641. The Hall–Kier alpha value is -2.35. The molecule has 168 valence electrons. The van der Waals surface area contributed by atoms with Gasteiger partial charge in [0, 0.05) is 48.4 Å². The van der Waals surface area contributed by atoms with E-state index in [1.807, 2.05) is 24.6 Å². The predicted molar refractivity (Wildman–Crippen MR) is 122 cm³/mol. The minimum Gasteiger partial charge on any atom is -0.346 e. The third kappa shape index (κ3) is 4.35. The van der Waals surface area contributed by atoms with E-state index in [9.17, 15) is 13.2 Å². The van der Waals surface area contributed by atoms with Gasteiger partial charge >= 0.3 is 0 Å². The first kappa shape index (κ1) is 21.9. The average molecular weight is 445 g/mol. The first-order valence-corrected chi connectivity index (χ1v) is 12.8. The molecule has 0 spiro atoms. The van der Waals surface area contributed by atoms with Crippen LogP contribution in [0, 0.1) is 27.7 Å². The van der Waals surface area contributed by atoms with Crippen molar-refractivity contribution in [1.82, 2.24) is 19.2 Å².